The zero-order valence-corrected chi connectivity index (χ0v) is 22.9. The van der Waals surface area contributed by atoms with E-state index in [0.29, 0.717) is 0 Å². The van der Waals surface area contributed by atoms with Crippen LogP contribution >= 0.6 is 0 Å². The average molecular weight is 458 g/mol. The number of para-hydroxylation sites is 1. The Hall–Kier alpha value is -2.39. The summed E-state index contributed by atoms with van der Waals surface area (Å²) in [7, 11) is -1.57. The zero-order valence-electron chi connectivity index (χ0n) is 21.9. The van der Waals surface area contributed by atoms with Crippen LogP contribution < -0.4 is 5.19 Å². The Morgan fingerprint density at radius 3 is 2.15 bits per heavy atom. The number of fused-ring (bicyclic) bond motifs is 3. The van der Waals surface area contributed by atoms with Crippen LogP contribution in [0.25, 0.3) is 33.2 Å². The lowest BCUT2D eigenvalue weighted by atomic mass is 9.84. The van der Waals surface area contributed by atoms with E-state index in [2.05, 4.69) is 110 Å². The molecule has 3 heteroatoms. The number of hydrogen-bond acceptors (Lipinski definition) is 2. The average Bonchev–Trinajstić information content (AvgIpc) is 3.04. The molecular weight excluding hydrogens is 418 g/mol. The van der Waals surface area contributed by atoms with Crippen LogP contribution in [0.2, 0.25) is 19.6 Å². The summed E-state index contributed by atoms with van der Waals surface area (Å²) in [6.45, 7) is 21.0. The van der Waals surface area contributed by atoms with E-state index in [-0.39, 0.29) is 10.8 Å². The lowest BCUT2D eigenvalue weighted by Crippen LogP contribution is -2.38. The molecule has 0 radical (unpaired) electrons. The summed E-state index contributed by atoms with van der Waals surface area (Å²) < 4.78 is 6.55. The molecule has 0 amide bonds. The van der Waals surface area contributed by atoms with Crippen molar-refractivity contribution in [3.05, 3.63) is 59.8 Å². The van der Waals surface area contributed by atoms with Gasteiger partial charge in [-0.15, -0.1) is 0 Å². The molecule has 0 bridgehead atoms. The van der Waals surface area contributed by atoms with E-state index < -0.39 is 8.07 Å². The Morgan fingerprint density at radius 1 is 0.848 bits per heavy atom. The Morgan fingerprint density at radius 2 is 1.52 bits per heavy atom. The summed E-state index contributed by atoms with van der Waals surface area (Å²) in [6.07, 6.45) is 4.07. The largest absolute Gasteiger partial charge is 0.455 e. The molecule has 2 aromatic carbocycles. The highest BCUT2D eigenvalue weighted by Gasteiger charge is 2.26. The molecule has 0 atom stereocenters. The first-order valence-electron chi connectivity index (χ1n) is 12.2. The highest BCUT2D eigenvalue weighted by Crippen LogP contribution is 2.38. The number of benzene rings is 2. The van der Waals surface area contributed by atoms with Crippen LogP contribution in [0.15, 0.2) is 53.1 Å². The molecule has 0 unspecified atom stereocenters. The van der Waals surface area contributed by atoms with Gasteiger partial charge in [0.15, 0.2) is 0 Å². The van der Waals surface area contributed by atoms with Gasteiger partial charge in [-0.3, -0.25) is 4.98 Å². The fourth-order valence-electron chi connectivity index (χ4n) is 4.86. The van der Waals surface area contributed by atoms with Crippen LogP contribution in [0.5, 0.6) is 0 Å². The van der Waals surface area contributed by atoms with Gasteiger partial charge in [0.1, 0.15) is 11.2 Å². The number of aromatic nitrogens is 1. The van der Waals surface area contributed by atoms with Crippen LogP contribution in [0.3, 0.4) is 0 Å². The van der Waals surface area contributed by atoms with Gasteiger partial charge in [-0.2, -0.15) is 0 Å². The third-order valence-corrected chi connectivity index (χ3v) is 8.10. The summed E-state index contributed by atoms with van der Waals surface area (Å²) in [5.41, 5.74) is 7.15. The van der Waals surface area contributed by atoms with Gasteiger partial charge in [-0.25, -0.2) is 0 Å². The minimum Gasteiger partial charge on any atom is -0.455 e. The molecule has 4 rings (SSSR count). The summed E-state index contributed by atoms with van der Waals surface area (Å²) in [4.78, 5) is 5.08. The lowest BCUT2D eigenvalue weighted by molar-refractivity contribution is 0.405. The minimum absolute atomic E-state index is 0.169. The van der Waals surface area contributed by atoms with Crippen molar-refractivity contribution >= 4 is 35.2 Å². The Kier molecular flexibility index (Phi) is 5.85. The van der Waals surface area contributed by atoms with Gasteiger partial charge in [0.25, 0.3) is 0 Å². The quantitative estimate of drug-likeness (QED) is 0.288. The summed E-state index contributed by atoms with van der Waals surface area (Å²) in [6, 6.07) is 15.5. The first kappa shape index (κ1) is 23.8. The maximum absolute atomic E-state index is 6.55. The van der Waals surface area contributed by atoms with Crippen molar-refractivity contribution in [3.63, 3.8) is 0 Å². The van der Waals surface area contributed by atoms with Crippen molar-refractivity contribution in [2.75, 3.05) is 0 Å². The molecule has 2 nitrogen and oxygen atoms in total. The van der Waals surface area contributed by atoms with Gasteiger partial charge in [0, 0.05) is 22.5 Å². The van der Waals surface area contributed by atoms with Crippen LogP contribution in [0.1, 0.15) is 52.7 Å². The highest BCUT2D eigenvalue weighted by atomic mass is 28.3. The van der Waals surface area contributed by atoms with E-state index in [4.69, 9.17) is 9.40 Å². The van der Waals surface area contributed by atoms with E-state index in [9.17, 15) is 0 Å². The van der Waals surface area contributed by atoms with Crippen molar-refractivity contribution < 1.29 is 4.42 Å². The molecule has 0 N–H and O–H groups in total. The molecule has 0 saturated heterocycles. The fourth-order valence-corrected chi connectivity index (χ4v) is 6.44. The van der Waals surface area contributed by atoms with E-state index in [1.807, 2.05) is 0 Å². The van der Waals surface area contributed by atoms with Crippen molar-refractivity contribution in [1.29, 1.82) is 0 Å². The van der Waals surface area contributed by atoms with Crippen LogP contribution in [-0.2, 0) is 12.8 Å². The van der Waals surface area contributed by atoms with Gasteiger partial charge >= 0.3 is 0 Å². The monoisotopic (exact) mass is 457 g/mol. The molecule has 0 fully saturated rings. The predicted molar refractivity (Wildman–Crippen MR) is 146 cm³/mol. The molecule has 33 heavy (non-hydrogen) atoms. The lowest BCUT2D eigenvalue weighted by Gasteiger charge is -2.23. The molecule has 2 heterocycles. The molecule has 0 spiro atoms. The number of nitrogens with zero attached hydrogens (tertiary/aromatic N) is 1. The summed E-state index contributed by atoms with van der Waals surface area (Å²) in [5.74, 6) is 0. The van der Waals surface area contributed by atoms with Gasteiger partial charge in [-0.05, 0) is 52.1 Å². The maximum atomic E-state index is 6.55. The van der Waals surface area contributed by atoms with Gasteiger partial charge in [0.2, 0.25) is 0 Å². The van der Waals surface area contributed by atoms with Crippen molar-refractivity contribution in [2.45, 2.75) is 74.0 Å². The van der Waals surface area contributed by atoms with E-state index >= 15 is 0 Å². The summed E-state index contributed by atoms with van der Waals surface area (Å²) >= 11 is 0. The van der Waals surface area contributed by atoms with Crippen molar-refractivity contribution in [3.8, 4) is 11.3 Å². The van der Waals surface area contributed by atoms with Crippen LogP contribution in [0.4, 0.5) is 0 Å². The molecule has 0 saturated carbocycles. The number of pyridine rings is 1. The first-order valence-corrected chi connectivity index (χ1v) is 15.7. The van der Waals surface area contributed by atoms with E-state index in [1.54, 1.807) is 0 Å². The number of furan rings is 1. The Balaban J connectivity index is 2.00. The van der Waals surface area contributed by atoms with Gasteiger partial charge < -0.3 is 4.42 Å². The standard InChI is InChI=1S/C30H39NOSi/c1-29(2,3)17-20-16-21(18-30(4,5)6)27(31-19-20)23-14-15-25(33(7,8)9)26-22-12-10-11-13-24(22)32-28(23)26/h10-16,19H,17-18H2,1-9H3. The maximum Gasteiger partial charge on any atom is 0.144 e. The smallest absolute Gasteiger partial charge is 0.144 e. The Bertz CT molecular complexity index is 1310. The molecule has 0 aliphatic carbocycles. The molecule has 4 aromatic rings. The second-order valence-electron chi connectivity index (χ2n) is 13.0. The number of hydrogen-bond donors (Lipinski definition) is 0. The molecule has 0 aliphatic heterocycles. The van der Waals surface area contributed by atoms with Gasteiger partial charge in [0.05, 0.1) is 13.8 Å². The second-order valence-corrected chi connectivity index (χ2v) is 18.1. The Labute approximate surface area is 200 Å². The van der Waals surface area contributed by atoms with Crippen molar-refractivity contribution in [1.82, 2.24) is 4.98 Å². The topological polar surface area (TPSA) is 26.0 Å². The third-order valence-electron chi connectivity index (χ3n) is 6.07. The van der Waals surface area contributed by atoms with E-state index in [1.165, 1.54) is 27.1 Å². The van der Waals surface area contributed by atoms with Crippen molar-refractivity contribution in [2.24, 2.45) is 10.8 Å². The fraction of sp³-hybridized carbons (Fsp3) is 0.433. The highest BCUT2D eigenvalue weighted by molar-refractivity contribution is 6.90. The molecular formula is C30H39NOSi. The van der Waals surface area contributed by atoms with Crippen LogP contribution in [-0.4, -0.2) is 13.1 Å². The molecule has 0 aliphatic rings. The number of rotatable bonds is 4. The molecule has 174 valence electrons. The second kappa shape index (κ2) is 8.13. The molecule has 2 aromatic heterocycles. The van der Waals surface area contributed by atoms with E-state index in [0.717, 1.165) is 35.3 Å². The normalized spacial score (nSPS) is 13.2. The SMILES string of the molecule is CC(C)(C)Cc1cnc(-c2ccc([Si](C)(C)C)c3c2oc2ccccc23)c(CC(C)(C)C)c1. The minimum atomic E-state index is -1.57. The summed E-state index contributed by atoms with van der Waals surface area (Å²) in [5, 5.41) is 3.95. The zero-order chi connectivity index (χ0) is 24.2. The van der Waals surface area contributed by atoms with Gasteiger partial charge in [-0.1, -0.05) is 91.5 Å². The predicted octanol–water partition coefficient (Wildman–Crippen LogP) is 8.37. The third kappa shape index (κ3) is 5.09. The van der Waals surface area contributed by atoms with Crippen LogP contribution in [0, 0.1) is 10.8 Å². The first-order chi connectivity index (χ1) is 15.2.